The lowest BCUT2D eigenvalue weighted by Gasteiger charge is -2.23. The molecule has 0 aromatic carbocycles. The largest absolute Gasteiger partial charge is 0.391 e. The van der Waals surface area contributed by atoms with Crippen LogP contribution >= 0.6 is 0 Å². The van der Waals surface area contributed by atoms with Crippen LogP contribution in [0.5, 0.6) is 0 Å². The first-order chi connectivity index (χ1) is 4.34. The van der Waals surface area contributed by atoms with Crippen molar-refractivity contribution >= 4 is 0 Å². The molecule has 0 saturated carbocycles. The maximum Gasteiger partial charge on any atom is 0.0172 e. The fourth-order valence-corrected chi connectivity index (χ4v) is 1.33. The standard InChI is InChI=1S/C8H15N/c1-3-8-4-5-9-6-7(8)2/h4-5,7-9H,3,6H2,1-2H3. The van der Waals surface area contributed by atoms with E-state index in [1.165, 1.54) is 6.42 Å². The van der Waals surface area contributed by atoms with Crippen LogP contribution in [0.2, 0.25) is 0 Å². The normalized spacial score (nSPS) is 34.0. The Hall–Kier alpha value is -0.460. The van der Waals surface area contributed by atoms with Crippen molar-refractivity contribution in [1.82, 2.24) is 5.32 Å². The average molecular weight is 125 g/mol. The first-order valence-electron chi connectivity index (χ1n) is 3.74. The van der Waals surface area contributed by atoms with Gasteiger partial charge in [0, 0.05) is 6.54 Å². The van der Waals surface area contributed by atoms with Crippen molar-refractivity contribution < 1.29 is 0 Å². The van der Waals surface area contributed by atoms with Crippen molar-refractivity contribution in [3.8, 4) is 0 Å². The van der Waals surface area contributed by atoms with Crippen molar-refractivity contribution in [2.75, 3.05) is 6.54 Å². The van der Waals surface area contributed by atoms with E-state index in [0.717, 1.165) is 18.4 Å². The molecule has 1 nitrogen and oxygen atoms in total. The Bertz CT molecular complexity index is 107. The van der Waals surface area contributed by atoms with Gasteiger partial charge in [-0.05, 0) is 24.5 Å². The second-order valence-corrected chi connectivity index (χ2v) is 2.82. The van der Waals surface area contributed by atoms with Gasteiger partial charge in [0.05, 0.1) is 0 Å². The van der Waals surface area contributed by atoms with E-state index < -0.39 is 0 Å². The topological polar surface area (TPSA) is 12.0 Å². The summed E-state index contributed by atoms with van der Waals surface area (Å²) >= 11 is 0. The van der Waals surface area contributed by atoms with Crippen LogP contribution in [0.1, 0.15) is 20.3 Å². The molecule has 2 atom stereocenters. The highest BCUT2D eigenvalue weighted by atomic mass is 14.8. The Morgan fingerprint density at radius 2 is 2.44 bits per heavy atom. The van der Waals surface area contributed by atoms with Gasteiger partial charge in [-0.15, -0.1) is 0 Å². The first kappa shape index (κ1) is 6.66. The summed E-state index contributed by atoms with van der Waals surface area (Å²) in [7, 11) is 0. The molecular formula is C8H15N. The molecule has 0 fully saturated rings. The predicted octanol–water partition coefficient (Wildman–Crippen LogP) is 1.77. The monoisotopic (exact) mass is 125 g/mol. The molecule has 0 spiro atoms. The van der Waals surface area contributed by atoms with Gasteiger partial charge in [0.2, 0.25) is 0 Å². The molecule has 9 heavy (non-hydrogen) atoms. The lowest BCUT2D eigenvalue weighted by Crippen LogP contribution is -2.26. The molecular weight excluding hydrogens is 110 g/mol. The summed E-state index contributed by atoms with van der Waals surface area (Å²) in [5.74, 6) is 1.63. The Labute approximate surface area is 57.1 Å². The molecule has 2 unspecified atom stereocenters. The van der Waals surface area contributed by atoms with E-state index in [1.54, 1.807) is 0 Å². The van der Waals surface area contributed by atoms with Crippen LogP contribution in [0, 0.1) is 11.8 Å². The SMILES string of the molecule is CCC1C=CNCC1C. The highest BCUT2D eigenvalue weighted by molar-refractivity contribution is 4.94. The molecule has 1 aliphatic rings. The van der Waals surface area contributed by atoms with E-state index in [9.17, 15) is 0 Å². The van der Waals surface area contributed by atoms with Crippen LogP contribution in [0.25, 0.3) is 0 Å². The van der Waals surface area contributed by atoms with Gasteiger partial charge in [-0.2, -0.15) is 0 Å². The van der Waals surface area contributed by atoms with E-state index in [2.05, 4.69) is 31.4 Å². The van der Waals surface area contributed by atoms with Gasteiger partial charge >= 0.3 is 0 Å². The van der Waals surface area contributed by atoms with Crippen molar-refractivity contribution in [2.45, 2.75) is 20.3 Å². The zero-order valence-electron chi connectivity index (χ0n) is 6.22. The van der Waals surface area contributed by atoms with E-state index in [4.69, 9.17) is 0 Å². The minimum atomic E-state index is 0.811. The maximum absolute atomic E-state index is 3.22. The highest BCUT2D eigenvalue weighted by Gasteiger charge is 2.13. The van der Waals surface area contributed by atoms with Crippen molar-refractivity contribution in [3.63, 3.8) is 0 Å². The zero-order chi connectivity index (χ0) is 6.69. The summed E-state index contributed by atoms with van der Waals surface area (Å²) < 4.78 is 0. The highest BCUT2D eigenvalue weighted by Crippen LogP contribution is 2.18. The van der Waals surface area contributed by atoms with Crippen molar-refractivity contribution in [2.24, 2.45) is 11.8 Å². The second-order valence-electron chi connectivity index (χ2n) is 2.82. The van der Waals surface area contributed by atoms with Gasteiger partial charge in [-0.1, -0.05) is 19.9 Å². The van der Waals surface area contributed by atoms with Crippen LogP contribution in [-0.4, -0.2) is 6.54 Å². The summed E-state index contributed by atoms with van der Waals surface area (Å²) in [6.45, 7) is 5.69. The quantitative estimate of drug-likeness (QED) is 0.563. The zero-order valence-corrected chi connectivity index (χ0v) is 6.22. The first-order valence-corrected chi connectivity index (χ1v) is 3.74. The lowest BCUT2D eigenvalue weighted by molar-refractivity contribution is 0.390. The van der Waals surface area contributed by atoms with Gasteiger partial charge in [-0.25, -0.2) is 0 Å². The summed E-state index contributed by atoms with van der Waals surface area (Å²) in [6.07, 6.45) is 5.63. The third kappa shape index (κ3) is 1.47. The number of nitrogens with one attached hydrogen (secondary N) is 1. The van der Waals surface area contributed by atoms with Crippen molar-refractivity contribution in [1.29, 1.82) is 0 Å². The summed E-state index contributed by atoms with van der Waals surface area (Å²) in [6, 6.07) is 0. The van der Waals surface area contributed by atoms with Crippen LogP contribution < -0.4 is 5.32 Å². The molecule has 0 aliphatic carbocycles. The number of hydrogen-bond acceptors (Lipinski definition) is 1. The average Bonchev–Trinajstić information content (AvgIpc) is 1.89. The molecule has 52 valence electrons. The minimum absolute atomic E-state index is 0.811. The minimum Gasteiger partial charge on any atom is -0.391 e. The molecule has 0 aromatic rings. The fourth-order valence-electron chi connectivity index (χ4n) is 1.33. The lowest BCUT2D eigenvalue weighted by atomic mass is 9.90. The molecule has 0 amide bonds. The second kappa shape index (κ2) is 2.90. The Kier molecular flexibility index (Phi) is 2.15. The third-order valence-electron chi connectivity index (χ3n) is 2.10. The molecule has 1 N–H and O–H groups in total. The van der Waals surface area contributed by atoms with Crippen molar-refractivity contribution in [3.05, 3.63) is 12.3 Å². The van der Waals surface area contributed by atoms with Crippen LogP contribution in [0.4, 0.5) is 0 Å². The smallest absolute Gasteiger partial charge is 0.0172 e. The molecule has 1 heterocycles. The maximum atomic E-state index is 3.22. The summed E-state index contributed by atoms with van der Waals surface area (Å²) in [5, 5.41) is 3.22. The number of rotatable bonds is 1. The molecule has 0 bridgehead atoms. The van der Waals surface area contributed by atoms with Gasteiger partial charge in [0.25, 0.3) is 0 Å². The summed E-state index contributed by atoms with van der Waals surface area (Å²) in [5.41, 5.74) is 0. The Balaban J connectivity index is 2.46. The Morgan fingerprint density at radius 3 is 2.89 bits per heavy atom. The van der Waals surface area contributed by atoms with Crippen LogP contribution in [0.3, 0.4) is 0 Å². The molecule has 0 radical (unpaired) electrons. The molecule has 1 aliphatic heterocycles. The van der Waals surface area contributed by atoms with Crippen LogP contribution in [0.15, 0.2) is 12.3 Å². The third-order valence-corrected chi connectivity index (χ3v) is 2.10. The fraction of sp³-hybridized carbons (Fsp3) is 0.750. The van der Waals surface area contributed by atoms with E-state index in [0.29, 0.717) is 0 Å². The number of hydrogen-bond donors (Lipinski definition) is 1. The van der Waals surface area contributed by atoms with Gasteiger partial charge < -0.3 is 5.32 Å². The van der Waals surface area contributed by atoms with Gasteiger partial charge in [0.1, 0.15) is 0 Å². The molecule has 1 rings (SSSR count). The van der Waals surface area contributed by atoms with Gasteiger partial charge in [0.15, 0.2) is 0 Å². The summed E-state index contributed by atoms with van der Waals surface area (Å²) in [4.78, 5) is 0. The predicted molar refractivity (Wildman–Crippen MR) is 40.1 cm³/mol. The van der Waals surface area contributed by atoms with E-state index in [-0.39, 0.29) is 0 Å². The Morgan fingerprint density at radius 1 is 1.67 bits per heavy atom. The van der Waals surface area contributed by atoms with E-state index in [1.807, 2.05) is 0 Å². The molecule has 0 saturated heterocycles. The van der Waals surface area contributed by atoms with Gasteiger partial charge in [-0.3, -0.25) is 0 Å². The molecule has 1 heteroatoms. The van der Waals surface area contributed by atoms with E-state index >= 15 is 0 Å². The van der Waals surface area contributed by atoms with Crippen LogP contribution in [-0.2, 0) is 0 Å². The molecule has 0 aromatic heterocycles. The number of allylic oxidation sites excluding steroid dienone is 1.